The molecule has 0 radical (unpaired) electrons. The van der Waals surface area contributed by atoms with Gasteiger partial charge in [-0.1, -0.05) is 32.4 Å². The van der Waals surface area contributed by atoms with Crippen LogP contribution >= 0.6 is 11.6 Å². The zero-order valence-corrected chi connectivity index (χ0v) is 12.9. The van der Waals surface area contributed by atoms with Crippen molar-refractivity contribution in [1.82, 2.24) is 10.3 Å². The van der Waals surface area contributed by atoms with E-state index in [2.05, 4.69) is 31.1 Å². The Hall–Kier alpha value is -1.29. The van der Waals surface area contributed by atoms with Gasteiger partial charge in [-0.05, 0) is 31.7 Å². The second-order valence-electron chi connectivity index (χ2n) is 6.67. The molecule has 0 saturated carbocycles. The Bertz CT molecular complexity index is 478. The minimum atomic E-state index is -0.322. The average Bonchev–Trinajstić information content (AvgIpc) is 2.16. The van der Waals surface area contributed by atoms with Crippen LogP contribution in [0.1, 0.15) is 51.4 Å². The Kier molecular flexibility index (Phi) is 4.46. The molecule has 19 heavy (non-hydrogen) atoms. The highest BCUT2D eigenvalue weighted by molar-refractivity contribution is 6.29. The first kappa shape index (κ1) is 15.8. The quantitative estimate of drug-likeness (QED) is 0.837. The van der Waals surface area contributed by atoms with Gasteiger partial charge in [0.05, 0.1) is 17.4 Å². The van der Waals surface area contributed by atoms with Gasteiger partial charge in [-0.3, -0.25) is 4.79 Å². The van der Waals surface area contributed by atoms with Crippen molar-refractivity contribution in [2.45, 2.75) is 46.6 Å². The highest BCUT2D eigenvalue weighted by atomic mass is 35.5. The largest absolute Gasteiger partial charge is 0.397 e. The van der Waals surface area contributed by atoms with Crippen LogP contribution < -0.4 is 11.1 Å². The monoisotopic (exact) mass is 283 g/mol. The normalized spacial score (nSPS) is 12.3. The summed E-state index contributed by atoms with van der Waals surface area (Å²) in [6, 6.07) is 1.49. The number of rotatable bonds is 3. The zero-order valence-electron chi connectivity index (χ0n) is 12.2. The van der Waals surface area contributed by atoms with Gasteiger partial charge in [-0.2, -0.15) is 0 Å². The number of hydrogen-bond acceptors (Lipinski definition) is 3. The number of amides is 1. The van der Waals surface area contributed by atoms with Crippen molar-refractivity contribution >= 4 is 23.2 Å². The second-order valence-corrected chi connectivity index (χ2v) is 7.06. The van der Waals surface area contributed by atoms with Gasteiger partial charge in [0.15, 0.2) is 0 Å². The number of carbonyl (C=O) groups excluding carboxylic acids is 1. The predicted molar refractivity (Wildman–Crippen MR) is 79.3 cm³/mol. The third kappa shape index (κ3) is 5.07. The summed E-state index contributed by atoms with van der Waals surface area (Å²) in [5.74, 6) is -0.226. The minimum absolute atomic E-state index is 0.123. The van der Waals surface area contributed by atoms with E-state index < -0.39 is 0 Å². The van der Waals surface area contributed by atoms with E-state index in [0.29, 0.717) is 11.3 Å². The maximum absolute atomic E-state index is 12.2. The van der Waals surface area contributed by atoms with Crippen LogP contribution in [0.3, 0.4) is 0 Å². The smallest absolute Gasteiger partial charge is 0.253 e. The number of anilines is 1. The Morgan fingerprint density at radius 1 is 1.37 bits per heavy atom. The summed E-state index contributed by atoms with van der Waals surface area (Å²) in [5.41, 5.74) is 6.25. The molecule has 0 spiro atoms. The molecule has 1 heterocycles. The highest BCUT2D eigenvalue weighted by Crippen LogP contribution is 2.27. The SMILES string of the molecule is CC(C)(C)CC(C)(C)NC(=O)c1cc(Cl)ncc1N. The molecule has 1 aromatic heterocycles. The van der Waals surface area contributed by atoms with Crippen LogP contribution in [0.4, 0.5) is 5.69 Å². The van der Waals surface area contributed by atoms with Gasteiger partial charge in [-0.15, -0.1) is 0 Å². The Morgan fingerprint density at radius 2 is 1.95 bits per heavy atom. The first-order valence-electron chi connectivity index (χ1n) is 6.24. The van der Waals surface area contributed by atoms with E-state index in [-0.39, 0.29) is 22.0 Å². The van der Waals surface area contributed by atoms with E-state index in [1.807, 2.05) is 13.8 Å². The van der Waals surface area contributed by atoms with Crippen molar-refractivity contribution in [2.75, 3.05) is 5.73 Å². The number of nitrogen functional groups attached to an aromatic ring is 1. The van der Waals surface area contributed by atoms with E-state index in [1.54, 1.807) is 0 Å². The number of carbonyl (C=O) groups is 1. The van der Waals surface area contributed by atoms with Crippen LogP contribution in [0.15, 0.2) is 12.3 Å². The number of nitrogens with two attached hydrogens (primary N) is 1. The van der Waals surface area contributed by atoms with Crippen LogP contribution in [0.2, 0.25) is 5.15 Å². The Morgan fingerprint density at radius 3 is 2.47 bits per heavy atom. The van der Waals surface area contributed by atoms with Crippen LogP contribution in [-0.2, 0) is 0 Å². The van der Waals surface area contributed by atoms with Crippen LogP contribution in [0, 0.1) is 5.41 Å². The molecule has 0 aliphatic rings. The fourth-order valence-corrected chi connectivity index (χ4v) is 2.54. The molecule has 0 unspecified atom stereocenters. The number of halogens is 1. The van der Waals surface area contributed by atoms with E-state index in [4.69, 9.17) is 17.3 Å². The standard InChI is InChI=1S/C14H22ClN3O/c1-13(2,3)8-14(4,5)18-12(19)9-6-11(15)17-7-10(9)16/h6-7H,8,16H2,1-5H3,(H,18,19). The van der Waals surface area contributed by atoms with E-state index >= 15 is 0 Å². The fraction of sp³-hybridized carbons (Fsp3) is 0.571. The van der Waals surface area contributed by atoms with Gasteiger partial charge < -0.3 is 11.1 Å². The fourth-order valence-electron chi connectivity index (χ4n) is 2.38. The molecule has 3 N–H and O–H groups in total. The maximum Gasteiger partial charge on any atom is 0.253 e. The molecule has 106 valence electrons. The summed E-state index contributed by atoms with van der Waals surface area (Å²) in [5, 5.41) is 3.25. The molecule has 1 aromatic rings. The maximum atomic E-state index is 12.2. The number of nitrogens with zero attached hydrogens (tertiary/aromatic N) is 1. The van der Waals surface area contributed by atoms with Crippen LogP contribution in [0.5, 0.6) is 0 Å². The van der Waals surface area contributed by atoms with Gasteiger partial charge in [0, 0.05) is 5.54 Å². The third-order valence-corrected chi connectivity index (χ3v) is 2.78. The van der Waals surface area contributed by atoms with Crippen molar-refractivity contribution in [3.63, 3.8) is 0 Å². The number of hydrogen-bond donors (Lipinski definition) is 2. The molecule has 0 saturated heterocycles. The first-order valence-corrected chi connectivity index (χ1v) is 6.61. The molecule has 0 aliphatic carbocycles. The summed E-state index contributed by atoms with van der Waals surface area (Å²) >= 11 is 5.79. The summed E-state index contributed by atoms with van der Waals surface area (Å²) in [6.45, 7) is 10.4. The van der Waals surface area contributed by atoms with E-state index in [9.17, 15) is 4.79 Å². The molecule has 0 aliphatic heterocycles. The molecule has 0 fully saturated rings. The molecule has 5 heteroatoms. The lowest BCUT2D eigenvalue weighted by Gasteiger charge is -2.33. The predicted octanol–water partition coefficient (Wildman–Crippen LogP) is 3.26. The van der Waals surface area contributed by atoms with E-state index in [0.717, 1.165) is 6.42 Å². The Balaban J connectivity index is 2.87. The third-order valence-electron chi connectivity index (χ3n) is 2.57. The van der Waals surface area contributed by atoms with Crippen molar-refractivity contribution in [3.8, 4) is 0 Å². The van der Waals surface area contributed by atoms with Crippen molar-refractivity contribution in [1.29, 1.82) is 0 Å². The lowest BCUT2D eigenvalue weighted by atomic mass is 9.81. The van der Waals surface area contributed by atoms with Crippen molar-refractivity contribution < 1.29 is 4.79 Å². The molecular formula is C14H22ClN3O. The molecule has 4 nitrogen and oxygen atoms in total. The van der Waals surface area contributed by atoms with Gasteiger partial charge in [0.1, 0.15) is 5.15 Å². The van der Waals surface area contributed by atoms with E-state index in [1.165, 1.54) is 12.3 Å². The zero-order chi connectivity index (χ0) is 14.8. The topological polar surface area (TPSA) is 68.0 Å². The van der Waals surface area contributed by atoms with Gasteiger partial charge in [0.25, 0.3) is 5.91 Å². The van der Waals surface area contributed by atoms with Gasteiger partial charge >= 0.3 is 0 Å². The summed E-state index contributed by atoms with van der Waals surface area (Å²) in [6.07, 6.45) is 2.25. The van der Waals surface area contributed by atoms with Crippen LogP contribution in [-0.4, -0.2) is 16.4 Å². The molecule has 0 aromatic carbocycles. The molecule has 1 rings (SSSR count). The molecule has 0 atom stereocenters. The van der Waals surface area contributed by atoms with Crippen LogP contribution in [0.25, 0.3) is 0 Å². The highest BCUT2D eigenvalue weighted by Gasteiger charge is 2.28. The second kappa shape index (κ2) is 5.37. The molecule has 0 bridgehead atoms. The first-order chi connectivity index (χ1) is 8.50. The summed E-state index contributed by atoms with van der Waals surface area (Å²) < 4.78 is 0. The Labute approximate surface area is 119 Å². The van der Waals surface area contributed by atoms with Crippen molar-refractivity contribution in [2.24, 2.45) is 5.41 Å². The van der Waals surface area contributed by atoms with Gasteiger partial charge in [0.2, 0.25) is 0 Å². The average molecular weight is 284 g/mol. The molecular weight excluding hydrogens is 262 g/mol. The van der Waals surface area contributed by atoms with Crippen molar-refractivity contribution in [3.05, 3.63) is 23.0 Å². The molecule has 1 amide bonds. The summed E-state index contributed by atoms with van der Waals surface area (Å²) in [4.78, 5) is 16.1. The lowest BCUT2D eigenvalue weighted by Crippen LogP contribution is -2.46. The minimum Gasteiger partial charge on any atom is -0.397 e. The number of pyridine rings is 1. The summed E-state index contributed by atoms with van der Waals surface area (Å²) in [7, 11) is 0. The lowest BCUT2D eigenvalue weighted by molar-refractivity contribution is 0.0892. The van der Waals surface area contributed by atoms with Gasteiger partial charge in [-0.25, -0.2) is 4.98 Å². The number of nitrogens with one attached hydrogen (secondary N) is 1. The number of aromatic nitrogens is 1.